The zero-order valence-corrected chi connectivity index (χ0v) is 18.8. The van der Waals surface area contributed by atoms with Gasteiger partial charge < -0.3 is 16.0 Å². The molecule has 166 valence electrons. The Labute approximate surface area is 195 Å². The van der Waals surface area contributed by atoms with Crippen molar-refractivity contribution in [3.63, 3.8) is 0 Å². The number of nitrogens with one attached hydrogen (secondary N) is 1. The lowest BCUT2D eigenvalue weighted by atomic mass is 9.89. The number of nitriles is 1. The van der Waals surface area contributed by atoms with Gasteiger partial charge in [0.05, 0.1) is 6.04 Å². The maximum atomic E-state index is 13.1. The van der Waals surface area contributed by atoms with Crippen molar-refractivity contribution in [3.05, 3.63) is 101 Å². The summed E-state index contributed by atoms with van der Waals surface area (Å²) in [5, 5.41) is 12.8. The minimum Gasteiger partial charge on any atom is -0.399 e. The number of nitrogens with zero attached hydrogens (tertiary/aromatic N) is 2. The molecule has 1 amide bonds. The third-order valence-electron chi connectivity index (χ3n) is 6.05. The first-order chi connectivity index (χ1) is 16.0. The standard InChI is InChI=1S/C28H28N4O/c1-20(22-12-11-21-7-5-6-8-23(21)17-22)31-28(33)24(18-29)19-32(26-9-3-2-4-10-26)27-15-13-25(30)14-16-27/h2-4,9-17,19-20H,5-8,30H2,1H3,(H,31,33)/b24-19-. The number of fused-ring (bicyclic) bond motifs is 1. The van der Waals surface area contributed by atoms with Crippen LogP contribution in [0.25, 0.3) is 0 Å². The van der Waals surface area contributed by atoms with E-state index in [9.17, 15) is 10.1 Å². The van der Waals surface area contributed by atoms with Crippen LogP contribution in [0.5, 0.6) is 0 Å². The molecule has 1 aliphatic carbocycles. The van der Waals surface area contributed by atoms with Crippen LogP contribution in [-0.2, 0) is 17.6 Å². The van der Waals surface area contributed by atoms with Crippen molar-refractivity contribution in [1.82, 2.24) is 5.32 Å². The van der Waals surface area contributed by atoms with E-state index in [2.05, 4.69) is 29.6 Å². The first kappa shape index (κ1) is 22.2. The Bertz CT molecular complexity index is 1190. The van der Waals surface area contributed by atoms with Gasteiger partial charge in [0.15, 0.2) is 0 Å². The Balaban J connectivity index is 1.58. The highest BCUT2D eigenvalue weighted by atomic mass is 16.1. The fourth-order valence-corrected chi connectivity index (χ4v) is 4.17. The normalized spacial score (nSPS) is 14.0. The highest BCUT2D eigenvalue weighted by Crippen LogP contribution is 2.28. The number of hydrogen-bond donors (Lipinski definition) is 2. The number of para-hydroxylation sites is 1. The van der Waals surface area contributed by atoms with E-state index in [-0.39, 0.29) is 11.6 Å². The van der Waals surface area contributed by atoms with Crippen LogP contribution in [-0.4, -0.2) is 5.91 Å². The average molecular weight is 437 g/mol. The molecule has 0 heterocycles. The molecule has 3 aromatic carbocycles. The van der Waals surface area contributed by atoms with E-state index in [0.717, 1.165) is 29.8 Å². The third kappa shape index (κ3) is 5.24. The largest absolute Gasteiger partial charge is 0.399 e. The van der Waals surface area contributed by atoms with E-state index in [4.69, 9.17) is 5.73 Å². The monoisotopic (exact) mass is 436 g/mol. The van der Waals surface area contributed by atoms with Crippen LogP contribution in [0.2, 0.25) is 0 Å². The molecular formula is C28H28N4O. The summed E-state index contributed by atoms with van der Waals surface area (Å²) in [6.45, 7) is 1.95. The van der Waals surface area contributed by atoms with Crippen molar-refractivity contribution >= 4 is 23.0 Å². The van der Waals surface area contributed by atoms with E-state index in [0.29, 0.717) is 5.69 Å². The summed E-state index contributed by atoms with van der Waals surface area (Å²) in [4.78, 5) is 14.9. The van der Waals surface area contributed by atoms with Gasteiger partial charge in [-0.1, -0.05) is 36.4 Å². The molecule has 0 aliphatic heterocycles. The van der Waals surface area contributed by atoms with Crippen LogP contribution in [0.4, 0.5) is 17.1 Å². The third-order valence-corrected chi connectivity index (χ3v) is 6.05. The smallest absolute Gasteiger partial charge is 0.263 e. The van der Waals surface area contributed by atoms with E-state index in [1.165, 1.54) is 24.0 Å². The molecule has 5 heteroatoms. The maximum Gasteiger partial charge on any atom is 0.263 e. The lowest BCUT2D eigenvalue weighted by Gasteiger charge is -2.22. The zero-order valence-electron chi connectivity index (χ0n) is 18.8. The Kier molecular flexibility index (Phi) is 6.75. The predicted octanol–water partition coefficient (Wildman–Crippen LogP) is 5.57. The lowest BCUT2D eigenvalue weighted by molar-refractivity contribution is -0.117. The first-order valence-electron chi connectivity index (χ1n) is 11.3. The molecular weight excluding hydrogens is 408 g/mol. The van der Waals surface area contributed by atoms with Gasteiger partial charge in [-0.15, -0.1) is 0 Å². The summed E-state index contributed by atoms with van der Waals surface area (Å²) in [5.41, 5.74) is 12.0. The number of carbonyl (C=O) groups is 1. The fourth-order valence-electron chi connectivity index (χ4n) is 4.17. The number of nitrogens with two attached hydrogens (primary N) is 1. The summed E-state index contributed by atoms with van der Waals surface area (Å²) in [7, 11) is 0. The molecule has 0 spiro atoms. The second kappa shape index (κ2) is 10.1. The quantitative estimate of drug-likeness (QED) is 0.301. The highest BCUT2D eigenvalue weighted by molar-refractivity contribution is 5.98. The first-order valence-corrected chi connectivity index (χ1v) is 11.3. The van der Waals surface area contributed by atoms with Gasteiger partial charge in [-0.2, -0.15) is 5.26 Å². The van der Waals surface area contributed by atoms with E-state index in [1.807, 2.05) is 54.3 Å². The zero-order chi connectivity index (χ0) is 23.2. The topological polar surface area (TPSA) is 82.2 Å². The van der Waals surface area contributed by atoms with Gasteiger partial charge in [0.1, 0.15) is 11.6 Å². The Morgan fingerprint density at radius 3 is 2.36 bits per heavy atom. The molecule has 33 heavy (non-hydrogen) atoms. The summed E-state index contributed by atoms with van der Waals surface area (Å²) < 4.78 is 0. The van der Waals surface area contributed by atoms with Crippen molar-refractivity contribution in [2.24, 2.45) is 0 Å². The molecule has 1 unspecified atom stereocenters. The number of hydrogen-bond acceptors (Lipinski definition) is 4. The van der Waals surface area contributed by atoms with Crippen LogP contribution in [0, 0.1) is 11.3 Å². The molecule has 0 radical (unpaired) electrons. The molecule has 0 fully saturated rings. The Hall–Kier alpha value is -4.04. The summed E-state index contributed by atoms with van der Waals surface area (Å²) in [6, 6.07) is 25.2. The molecule has 0 saturated heterocycles. The Morgan fingerprint density at radius 2 is 1.67 bits per heavy atom. The van der Waals surface area contributed by atoms with E-state index < -0.39 is 5.91 Å². The van der Waals surface area contributed by atoms with Crippen molar-refractivity contribution in [2.75, 3.05) is 10.6 Å². The van der Waals surface area contributed by atoms with Gasteiger partial charge in [0.25, 0.3) is 5.91 Å². The van der Waals surface area contributed by atoms with E-state index in [1.54, 1.807) is 18.3 Å². The van der Waals surface area contributed by atoms with Gasteiger partial charge in [-0.05, 0) is 85.7 Å². The van der Waals surface area contributed by atoms with Crippen LogP contribution >= 0.6 is 0 Å². The molecule has 4 rings (SSSR count). The molecule has 0 saturated carbocycles. The van der Waals surface area contributed by atoms with Crippen LogP contribution in [0.1, 0.15) is 42.5 Å². The second-order valence-corrected chi connectivity index (χ2v) is 8.38. The van der Waals surface area contributed by atoms with Crippen molar-refractivity contribution in [2.45, 2.75) is 38.6 Å². The van der Waals surface area contributed by atoms with Gasteiger partial charge >= 0.3 is 0 Å². The van der Waals surface area contributed by atoms with Crippen LogP contribution in [0.15, 0.2) is 84.6 Å². The molecule has 1 aliphatic rings. The van der Waals surface area contributed by atoms with Gasteiger partial charge in [0, 0.05) is 23.3 Å². The minimum absolute atomic E-state index is 0.0282. The average Bonchev–Trinajstić information content (AvgIpc) is 2.85. The van der Waals surface area contributed by atoms with Gasteiger partial charge in [0.2, 0.25) is 0 Å². The molecule has 3 aromatic rings. The van der Waals surface area contributed by atoms with Crippen LogP contribution < -0.4 is 16.0 Å². The molecule has 0 aromatic heterocycles. The lowest BCUT2D eigenvalue weighted by Crippen LogP contribution is -2.29. The van der Waals surface area contributed by atoms with Crippen LogP contribution in [0.3, 0.4) is 0 Å². The number of anilines is 3. The summed E-state index contributed by atoms with van der Waals surface area (Å²) >= 11 is 0. The summed E-state index contributed by atoms with van der Waals surface area (Å²) in [6.07, 6.45) is 6.23. The van der Waals surface area contributed by atoms with E-state index >= 15 is 0 Å². The summed E-state index contributed by atoms with van der Waals surface area (Å²) in [5.74, 6) is -0.404. The van der Waals surface area contributed by atoms with Crippen molar-refractivity contribution in [1.29, 1.82) is 5.26 Å². The molecule has 1 atom stereocenters. The number of benzene rings is 3. The minimum atomic E-state index is -0.404. The SMILES string of the molecule is CC(NC(=O)/C(C#N)=C\N(c1ccccc1)c1ccc(N)cc1)c1ccc2c(c1)CCCC2. The number of rotatable bonds is 6. The predicted molar refractivity (Wildman–Crippen MR) is 133 cm³/mol. The number of aryl methyl sites for hydroxylation is 2. The Morgan fingerprint density at radius 1 is 1.00 bits per heavy atom. The fraction of sp³-hybridized carbons (Fsp3) is 0.214. The second-order valence-electron chi connectivity index (χ2n) is 8.38. The van der Waals surface area contributed by atoms with Crippen molar-refractivity contribution < 1.29 is 4.79 Å². The molecule has 0 bridgehead atoms. The molecule has 5 nitrogen and oxygen atoms in total. The van der Waals surface area contributed by atoms with Crippen molar-refractivity contribution in [3.8, 4) is 6.07 Å². The van der Waals surface area contributed by atoms with Gasteiger partial charge in [-0.3, -0.25) is 4.79 Å². The van der Waals surface area contributed by atoms with Gasteiger partial charge in [-0.25, -0.2) is 0 Å². The number of nitrogen functional groups attached to an aromatic ring is 1. The number of amides is 1. The maximum absolute atomic E-state index is 13.1. The highest BCUT2D eigenvalue weighted by Gasteiger charge is 2.18. The molecule has 3 N–H and O–H groups in total. The number of carbonyl (C=O) groups excluding carboxylic acids is 1.